The molecule has 0 rings (SSSR count). The molecule has 0 aliphatic rings. The van der Waals surface area contributed by atoms with Gasteiger partial charge in [-0.15, -0.1) is 0 Å². The third-order valence-electron chi connectivity index (χ3n) is 1.05. The maximum atomic E-state index is 8.35. The highest BCUT2D eigenvalue weighted by Gasteiger charge is 1.90. The van der Waals surface area contributed by atoms with Gasteiger partial charge in [0.25, 0.3) is 0 Å². The number of allylic oxidation sites excluding steroid dienone is 3. The Morgan fingerprint density at radius 2 is 2.30 bits per heavy atom. The molecular formula is C8H13NO. The highest BCUT2D eigenvalue weighted by molar-refractivity contribution is 5.13. The van der Waals surface area contributed by atoms with Crippen molar-refractivity contribution in [3.63, 3.8) is 0 Å². The van der Waals surface area contributed by atoms with Crippen LogP contribution in [0.3, 0.4) is 0 Å². The summed E-state index contributed by atoms with van der Waals surface area (Å²) in [6, 6.07) is 0. The van der Waals surface area contributed by atoms with Crippen LogP contribution >= 0.6 is 0 Å². The van der Waals surface area contributed by atoms with Crippen molar-refractivity contribution in [2.24, 2.45) is 0 Å². The van der Waals surface area contributed by atoms with Gasteiger partial charge in [-0.05, 0) is 6.92 Å². The van der Waals surface area contributed by atoms with E-state index in [0.717, 1.165) is 5.57 Å². The predicted octanol–water partition coefficient (Wildman–Crippen LogP) is 2.00. The van der Waals surface area contributed by atoms with Crippen LogP contribution in [0.4, 0.5) is 0 Å². The molecule has 0 atom stereocenters. The van der Waals surface area contributed by atoms with E-state index in [4.69, 9.17) is 5.21 Å². The lowest BCUT2D eigenvalue weighted by Gasteiger charge is -2.01. The van der Waals surface area contributed by atoms with E-state index < -0.39 is 0 Å². The normalized spacial score (nSPS) is 10.8. The summed E-state index contributed by atoms with van der Waals surface area (Å²) < 4.78 is 0. The van der Waals surface area contributed by atoms with Gasteiger partial charge < -0.3 is 0 Å². The fraction of sp³-hybridized carbons (Fsp3) is 0.250. The molecule has 0 saturated carbocycles. The van der Waals surface area contributed by atoms with Crippen molar-refractivity contribution in [3.05, 3.63) is 36.6 Å². The number of rotatable bonds is 4. The van der Waals surface area contributed by atoms with Crippen molar-refractivity contribution in [2.45, 2.75) is 13.3 Å². The minimum Gasteiger partial charge on any atom is -0.291 e. The van der Waals surface area contributed by atoms with Crippen LogP contribution in [0, 0.1) is 0 Å². The Balaban J connectivity index is 3.78. The maximum absolute atomic E-state index is 8.35. The minimum atomic E-state index is 0.593. The van der Waals surface area contributed by atoms with E-state index in [-0.39, 0.29) is 0 Å². The van der Waals surface area contributed by atoms with Gasteiger partial charge in [0.1, 0.15) is 0 Å². The van der Waals surface area contributed by atoms with Crippen molar-refractivity contribution in [3.8, 4) is 0 Å². The molecule has 2 N–H and O–H groups in total. The van der Waals surface area contributed by atoms with Gasteiger partial charge in [-0.2, -0.15) is 0 Å². The van der Waals surface area contributed by atoms with Crippen molar-refractivity contribution in [1.29, 1.82) is 0 Å². The molecule has 0 fully saturated rings. The van der Waals surface area contributed by atoms with Crippen molar-refractivity contribution in [1.82, 2.24) is 5.48 Å². The average molecular weight is 139 g/mol. The first-order valence-electron chi connectivity index (χ1n) is 3.06. The Labute approximate surface area is 61.5 Å². The Hall–Kier alpha value is -1.02. The van der Waals surface area contributed by atoms with E-state index >= 15 is 0 Å². The predicted molar refractivity (Wildman–Crippen MR) is 42.6 cm³/mol. The van der Waals surface area contributed by atoms with Gasteiger partial charge >= 0.3 is 0 Å². The van der Waals surface area contributed by atoms with E-state index in [1.807, 2.05) is 18.5 Å². The number of hydrogen-bond acceptors (Lipinski definition) is 2. The summed E-state index contributed by atoms with van der Waals surface area (Å²) in [5.74, 6) is 0. The molecule has 0 aromatic rings. The molecule has 0 aliphatic carbocycles. The minimum absolute atomic E-state index is 0.593. The molecule has 0 heterocycles. The first-order chi connectivity index (χ1) is 4.70. The van der Waals surface area contributed by atoms with E-state index in [0.29, 0.717) is 12.1 Å². The second-order valence-electron chi connectivity index (χ2n) is 2.14. The molecule has 10 heavy (non-hydrogen) atoms. The van der Waals surface area contributed by atoms with Crippen LogP contribution in [0.5, 0.6) is 0 Å². The topological polar surface area (TPSA) is 32.3 Å². The Morgan fingerprint density at radius 3 is 2.70 bits per heavy atom. The highest BCUT2D eigenvalue weighted by Crippen LogP contribution is 2.04. The lowest BCUT2D eigenvalue weighted by atomic mass is 10.2. The summed E-state index contributed by atoms with van der Waals surface area (Å²) in [4.78, 5) is 0. The summed E-state index contributed by atoms with van der Waals surface area (Å²) in [6.07, 6.45) is 4.24. The van der Waals surface area contributed by atoms with Crippen molar-refractivity contribution >= 4 is 0 Å². The Bertz CT molecular complexity index is 159. The Morgan fingerprint density at radius 1 is 1.70 bits per heavy atom. The Kier molecular flexibility index (Phi) is 4.33. The standard InChI is InChI=1S/C8H13NO/c1-4-5-7(2)6-8(3)9-10/h4-5,9-10H,1,3,6H2,2H3/b7-5+. The highest BCUT2D eigenvalue weighted by atomic mass is 16.5. The summed E-state index contributed by atoms with van der Waals surface area (Å²) >= 11 is 0. The van der Waals surface area contributed by atoms with Gasteiger partial charge in [0.2, 0.25) is 0 Å². The molecule has 56 valence electrons. The molecule has 0 spiro atoms. The third-order valence-corrected chi connectivity index (χ3v) is 1.05. The average Bonchev–Trinajstić information content (AvgIpc) is 1.88. The fourth-order valence-corrected chi connectivity index (χ4v) is 0.636. The van der Waals surface area contributed by atoms with Gasteiger partial charge in [-0.25, -0.2) is 0 Å². The number of nitrogens with one attached hydrogen (secondary N) is 1. The molecular weight excluding hydrogens is 126 g/mol. The van der Waals surface area contributed by atoms with E-state index in [9.17, 15) is 0 Å². The quantitative estimate of drug-likeness (QED) is 0.461. The summed E-state index contributed by atoms with van der Waals surface area (Å²) in [5.41, 5.74) is 3.69. The van der Waals surface area contributed by atoms with Crippen LogP contribution in [0.25, 0.3) is 0 Å². The molecule has 0 radical (unpaired) electrons. The van der Waals surface area contributed by atoms with Crippen LogP contribution in [0.2, 0.25) is 0 Å². The molecule has 0 aromatic carbocycles. The van der Waals surface area contributed by atoms with Crippen molar-refractivity contribution in [2.75, 3.05) is 0 Å². The molecule has 0 bridgehead atoms. The number of hydroxylamine groups is 1. The van der Waals surface area contributed by atoms with Crippen LogP contribution in [0.15, 0.2) is 36.6 Å². The molecule has 0 aromatic heterocycles. The monoisotopic (exact) mass is 139 g/mol. The molecule has 0 amide bonds. The summed E-state index contributed by atoms with van der Waals surface area (Å²) in [6.45, 7) is 9.05. The largest absolute Gasteiger partial charge is 0.291 e. The van der Waals surface area contributed by atoms with Crippen LogP contribution < -0.4 is 5.48 Å². The molecule has 2 heteroatoms. The maximum Gasteiger partial charge on any atom is 0.0344 e. The zero-order valence-electron chi connectivity index (χ0n) is 6.22. The van der Waals surface area contributed by atoms with Gasteiger partial charge in [-0.1, -0.05) is 30.9 Å². The number of hydrogen-bond donors (Lipinski definition) is 2. The van der Waals surface area contributed by atoms with Gasteiger partial charge in [0, 0.05) is 12.1 Å². The van der Waals surface area contributed by atoms with Gasteiger partial charge in [-0.3, -0.25) is 10.7 Å². The van der Waals surface area contributed by atoms with E-state index in [1.54, 1.807) is 6.08 Å². The summed E-state index contributed by atoms with van der Waals surface area (Å²) in [5, 5.41) is 8.35. The second-order valence-corrected chi connectivity index (χ2v) is 2.14. The smallest absolute Gasteiger partial charge is 0.0344 e. The fourth-order valence-electron chi connectivity index (χ4n) is 0.636. The SMILES string of the molecule is C=C/C=C(\C)CC(=C)NO. The summed E-state index contributed by atoms with van der Waals surface area (Å²) in [7, 11) is 0. The van der Waals surface area contributed by atoms with Gasteiger partial charge in [0.05, 0.1) is 0 Å². The van der Waals surface area contributed by atoms with E-state index in [1.165, 1.54) is 0 Å². The molecule has 0 aliphatic heterocycles. The molecule has 0 unspecified atom stereocenters. The van der Waals surface area contributed by atoms with Crippen molar-refractivity contribution < 1.29 is 5.21 Å². The lowest BCUT2D eigenvalue weighted by Crippen LogP contribution is -2.04. The van der Waals surface area contributed by atoms with Crippen LogP contribution in [-0.2, 0) is 0 Å². The first-order valence-corrected chi connectivity index (χ1v) is 3.06. The third kappa shape index (κ3) is 3.92. The van der Waals surface area contributed by atoms with Crippen LogP contribution in [0.1, 0.15) is 13.3 Å². The zero-order valence-corrected chi connectivity index (χ0v) is 6.22. The zero-order chi connectivity index (χ0) is 7.98. The second kappa shape index (κ2) is 4.82. The van der Waals surface area contributed by atoms with Crippen LogP contribution in [-0.4, -0.2) is 5.21 Å². The molecule has 2 nitrogen and oxygen atoms in total. The molecule has 0 saturated heterocycles. The first kappa shape index (κ1) is 8.98. The lowest BCUT2D eigenvalue weighted by molar-refractivity contribution is 0.198. The van der Waals surface area contributed by atoms with Gasteiger partial charge in [0.15, 0.2) is 0 Å². The van der Waals surface area contributed by atoms with E-state index in [2.05, 4.69) is 13.2 Å².